The minimum atomic E-state index is -2.98. The average molecular weight is 264 g/mol. The number of carbonyl (C=O) groups is 1. The van der Waals surface area contributed by atoms with E-state index in [9.17, 15) is 9.36 Å². The van der Waals surface area contributed by atoms with E-state index in [4.69, 9.17) is 13.8 Å². The summed E-state index contributed by atoms with van der Waals surface area (Å²) in [6.07, 6.45) is 4.37. The number of hydrogen-bond acceptors (Lipinski definition) is 5. The monoisotopic (exact) mass is 264 g/mol. The topological polar surface area (TPSA) is 61.8 Å². The van der Waals surface area contributed by atoms with Crippen molar-refractivity contribution in [1.82, 2.24) is 0 Å². The molecule has 0 aromatic heterocycles. The fraction of sp³-hybridized carbons (Fsp3) is 0.727. The summed E-state index contributed by atoms with van der Waals surface area (Å²) in [6, 6.07) is 0. The van der Waals surface area contributed by atoms with Gasteiger partial charge in [0.1, 0.15) is 0 Å². The Morgan fingerprint density at radius 3 is 2.24 bits per heavy atom. The van der Waals surface area contributed by atoms with Crippen LogP contribution in [0.15, 0.2) is 12.2 Å². The number of esters is 1. The van der Waals surface area contributed by atoms with Crippen molar-refractivity contribution in [2.75, 3.05) is 26.0 Å². The molecule has 0 rings (SSSR count). The summed E-state index contributed by atoms with van der Waals surface area (Å²) in [5, 5.41) is 0. The van der Waals surface area contributed by atoms with Crippen molar-refractivity contribution in [1.29, 1.82) is 0 Å². The van der Waals surface area contributed by atoms with Crippen LogP contribution in [0.5, 0.6) is 0 Å². The van der Waals surface area contributed by atoms with Crippen LogP contribution in [0.4, 0.5) is 0 Å². The lowest BCUT2D eigenvalue weighted by Gasteiger charge is -2.14. The third-order valence-corrected chi connectivity index (χ3v) is 3.70. The van der Waals surface area contributed by atoms with E-state index >= 15 is 0 Å². The second-order valence-electron chi connectivity index (χ2n) is 3.23. The number of carbonyl (C=O) groups excluding carboxylic acids is 1. The lowest BCUT2D eigenvalue weighted by Crippen LogP contribution is -2.00. The number of allylic oxidation sites excluding steroid dienone is 1. The molecule has 0 bridgehead atoms. The predicted molar refractivity (Wildman–Crippen MR) is 66.1 cm³/mol. The molecule has 0 spiro atoms. The smallest absolute Gasteiger partial charge is 0.334 e. The molecule has 0 radical (unpaired) electrons. The Balaban J connectivity index is 3.91. The minimum Gasteiger partial charge on any atom is -0.466 e. The van der Waals surface area contributed by atoms with E-state index in [1.54, 1.807) is 26.0 Å². The van der Waals surface area contributed by atoms with E-state index in [2.05, 4.69) is 0 Å². The van der Waals surface area contributed by atoms with Crippen LogP contribution in [0.1, 0.15) is 27.2 Å². The van der Waals surface area contributed by atoms with Gasteiger partial charge in [0, 0.05) is 6.92 Å². The van der Waals surface area contributed by atoms with Crippen molar-refractivity contribution in [3.8, 4) is 0 Å². The second kappa shape index (κ2) is 9.40. The molecular weight excluding hydrogens is 243 g/mol. The molecule has 100 valence electrons. The highest BCUT2D eigenvalue weighted by Crippen LogP contribution is 2.47. The zero-order valence-corrected chi connectivity index (χ0v) is 11.6. The maximum atomic E-state index is 12.0. The van der Waals surface area contributed by atoms with Gasteiger partial charge in [-0.3, -0.25) is 9.36 Å². The van der Waals surface area contributed by atoms with Crippen LogP contribution < -0.4 is 0 Å². The fourth-order valence-corrected chi connectivity index (χ4v) is 2.61. The summed E-state index contributed by atoms with van der Waals surface area (Å²) >= 11 is 0. The van der Waals surface area contributed by atoms with Gasteiger partial charge in [0.2, 0.25) is 0 Å². The summed E-state index contributed by atoms with van der Waals surface area (Å²) < 4.78 is 26.9. The zero-order chi connectivity index (χ0) is 13.1. The summed E-state index contributed by atoms with van der Waals surface area (Å²) in [5.74, 6) is -0.298. The normalized spacial score (nSPS) is 11.9. The Kier molecular flexibility index (Phi) is 9.04. The van der Waals surface area contributed by atoms with E-state index in [-0.39, 0.29) is 12.1 Å². The highest BCUT2D eigenvalue weighted by atomic mass is 31.2. The molecule has 0 aromatic rings. The van der Waals surface area contributed by atoms with Crippen molar-refractivity contribution in [3.05, 3.63) is 12.2 Å². The molecule has 0 aromatic carbocycles. The molecular formula is C11H21O5P. The first-order chi connectivity index (χ1) is 8.04. The maximum absolute atomic E-state index is 12.0. The van der Waals surface area contributed by atoms with E-state index < -0.39 is 7.60 Å². The highest BCUT2D eigenvalue weighted by Gasteiger charge is 2.20. The Morgan fingerprint density at radius 1 is 1.18 bits per heavy atom. The number of rotatable bonds is 9. The van der Waals surface area contributed by atoms with E-state index in [0.29, 0.717) is 26.2 Å². The average Bonchev–Trinajstić information content (AvgIpc) is 2.23. The van der Waals surface area contributed by atoms with Gasteiger partial charge in [0.15, 0.2) is 0 Å². The van der Waals surface area contributed by atoms with Crippen molar-refractivity contribution >= 4 is 13.6 Å². The third kappa shape index (κ3) is 9.10. The third-order valence-electron chi connectivity index (χ3n) is 1.74. The van der Waals surface area contributed by atoms with Crippen LogP contribution in [0.2, 0.25) is 0 Å². The molecule has 0 aliphatic heterocycles. The van der Waals surface area contributed by atoms with E-state index in [1.165, 1.54) is 6.92 Å². The first-order valence-corrected chi connectivity index (χ1v) is 7.43. The largest absolute Gasteiger partial charge is 0.466 e. The molecule has 0 aliphatic carbocycles. The van der Waals surface area contributed by atoms with Gasteiger partial charge in [-0.2, -0.15) is 0 Å². The Labute approximate surface area is 103 Å². The molecule has 0 aliphatic rings. The van der Waals surface area contributed by atoms with E-state index in [1.807, 2.05) is 0 Å². The molecule has 0 saturated heterocycles. The summed E-state index contributed by atoms with van der Waals surface area (Å²) in [4.78, 5) is 10.5. The van der Waals surface area contributed by atoms with Crippen LogP contribution in [0.3, 0.4) is 0 Å². The van der Waals surface area contributed by atoms with Crippen molar-refractivity contribution in [3.63, 3.8) is 0 Å². The zero-order valence-electron chi connectivity index (χ0n) is 10.7. The van der Waals surface area contributed by atoms with Gasteiger partial charge in [-0.25, -0.2) is 0 Å². The maximum Gasteiger partial charge on any atom is 0.334 e. The van der Waals surface area contributed by atoms with Gasteiger partial charge in [0.05, 0.1) is 26.0 Å². The molecule has 0 fully saturated rings. The first kappa shape index (κ1) is 16.4. The molecule has 0 heterocycles. The molecule has 6 heteroatoms. The minimum absolute atomic E-state index is 0.245. The summed E-state index contributed by atoms with van der Waals surface area (Å²) in [7, 11) is -2.98. The molecule has 0 atom stereocenters. The Hall–Kier alpha value is -0.640. The standard InChI is InChI=1S/C11H21O5P/c1-4-15-17(13,16-5-2)10-8-6-7-9-14-11(3)12/h6,8H,4-5,7,9-10H2,1-3H3. The fourth-order valence-electron chi connectivity index (χ4n) is 1.13. The molecule has 17 heavy (non-hydrogen) atoms. The molecule has 5 nitrogen and oxygen atoms in total. The molecule has 0 saturated carbocycles. The van der Waals surface area contributed by atoms with Gasteiger partial charge in [-0.15, -0.1) is 0 Å². The SMILES string of the molecule is CCOP(=O)(CC=CCCOC(C)=O)OCC. The van der Waals surface area contributed by atoms with Crippen molar-refractivity contribution in [2.24, 2.45) is 0 Å². The van der Waals surface area contributed by atoms with Crippen molar-refractivity contribution in [2.45, 2.75) is 27.2 Å². The summed E-state index contributed by atoms with van der Waals surface area (Å²) in [6.45, 7) is 5.96. The van der Waals surface area contributed by atoms with Crippen LogP contribution in [0.25, 0.3) is 0 Å². The Bertz CT molecular complexity index is 278. The highest BCUT2D eigenvalue weighted by molar-refractivity contribution is 7.54. The van der Waals surface area contributed by atoms with Crippen LogP contribution in [-0.2, 0) is 23.1 Å². The van der Waals surface area contributed by atoms with Gasteiger partial charge >= 0.3 is 13.6 Å². The van der Waals surface area contributed by atoms with Crippen LogP contribution in [-0.4, -0.2) is 32.0 Å². The lowest BCUT2D eigenvalue weighted by atomic mass is 10.4. The predicted octanol–water partition coefficient (Wildman–Crippen LogP) is 2.76. The Morgan fingerprint density at radius 2 is 1.76 bits per heavy atom. The first-order valence-electron chi connectivity index (χ1n) is 5.70. The molecule has 0 amide bonds. The molecule has 0 N–H and O–H groups in total. The number of hydrogen-bond donors (Lipinski definition) is 0. The second-order valence-corrected chi connectivity index (χ2v) is 5.33. The van der Waals surface area contributed by atoms with Gasteiger partial charge < -0.3 is 13.8 Å². The van der Waals surface area contributed by atoms with Gasteiger partial charge in [0.25, 0.3) is 0 Å². The van der Waals surface area contributed by atoms with Gasteiger partial charge in [-0.05, 0) is 20.3 Å². The van der Waals surface area contributed by atoms with E-state index in [0.717, 1.165) is 0 Å². The van der Waals surface area contributed by atoms with Gasteiger partial charge in [-0.1, -0.05) is 12.2 Å². The number of ether oxygens (including phenoxy) is 1. The van der Waals surface area contributed by atoms with Crippen molar-refractivity contribution < 1.29 is 23.1 Å². The quantitative estimate of drug-likeness (QED) is 0.277. The lowest BCUT2D eigenvalue weighted by molar-refractivity contribution is -0.140. The van der Waals surface area contributed by atoms with Crippen LogP contribution in [0, 0.1) is 0 Å². The summed E-state index contributed by atoms with van der Waals surface area (Å²) in [5.41, 5.74) is 0. The van der Waals surface area contributed by atoms with Crippen LogP contribution >= 0.6 is 7.60 Å². The molecule has 0 unspecified atom stereocenters.